The normalized spacial score (nSPS) is 15.0. The molecule has 1 saturated heterocycles. The number of ether oxygens (including phenoxy) is 2. The van der Waals surface area contributed by atoms with Gasteiger partial charge < -0.3 is 24.1 Å². The summed E-state index contributed by atoms with van der Waals surface area (Å²) in [4.78, 5) is 27.6. The van der Waals surface area contributed by atoms with Gasteiger partial charge in [-0.25, -0.2) is 0 Å². The first kappa shape index (κ1) is 21.5. The lowest BCUT2D eigenvalue weighted by molar-refractivity contribution is -0.122. The van der Waals surface area contributed by atoms with Gasteiger partial charge in [-0.15, -0.1) is 0 Å². The van der Waals surface area contributed by atoms with Crippen LogP contribution < -0.4 is 10.1 Å². The highest BCUT2D eigenvalue weighted by atomic mass is 35.5. The van der Waals surface area contributed by atoms with E-state index in [0.29, 0.717) is 58.8 Å². The number of carbonyl (C=O) groups excluding carboxylic acids is 2. The van der Waals surface area contributed by atoms with Crippen molar-refractivity contribution < 1.29 is 23.5 Å². The lowest BCUT2D eigenvalue weighted by atomic mass is 10.2. The molecule has 1 atom stereocenters. The van der Waals surface area contributed by atoms with Crippen LogP contribution in [0.3, 0.4) is 0 Å². The maximum absolute atomic E-state index is 13.1. The fourth-order valence-electron chi connectivity index (χ4n) is 3.27. The van der Waals surface area contributed by atoms with Gasteiger partial charge in [-0.3, -0.25) is 9.59 Å². The highest BCUT2D eigenvalue weighted by Crippen LogP contribution is 2.33. The number of fused-ring (bicyclic) bond motifs is 1. The van der Waals surface area contributed by atoms with E-state index >= 15 is 0 Å². The highest BCUT2D eigenvalue weighted by Gasteiger charge is 2.28. The van der Waals surface area contributed by atoms with Gasteiger partial charge in [-0.1, -0.05) is 35.3 Å². The Kier molecular flexibility index (Phi) is 6.36. The molecule has 31 heavy (non-hydrogen) atoms. The SMILES string of the molecule is CC(Oc1ccc(Cl)cc1Cl)C(=O)Nc1c(C(=O)N2CCOCC2)oc2ccccc12. The predicted molar refractivity (Wildman–Crippen MR) is 118 cm³/mol. The Hall–Kier alpha value is -2.74. The molecule has 162 valence electrons. The molecule has 1 N–H and O–H groups in total. The van der Waals surface area contributed by atoms with Crippen LogP contribution in [0.5, 0.6) is 5.75 Å². The number of halogens is 2. The van der Waals surface area contributed by atoms with Gasteiger partial charge in [0.15, 0.2) is 6.10 Å². The van der Waals surface area contributed by atoms with Crippen molar-refractivity contribution in [2.75, 3.05) is 31.6 Å². The summed E-state index contributed by atoms with van der Waals surface area (Å²) in [7, 11) is 0. The zero-order valence-corrected chi connectivity index (χ0v) is 18.2. The number of furan rings is 1. The molecule has 2 aromatic carbocycles. The summed E-state index contributed by atoms with van der Waals surface area (Å²) >= 11 is 12.0. The fourth-order valence-corrected chi connectivity index (χ4v) is 3.72. The molecule has 3 aromatic rings. The van der Waals surface area contributed by atoms with Crippen molar-refractivity contribution in [1.29, 1.82) is 0 Å². The molecule has 1 aliphatic rings. The predicted octanol–water partition coefficient (Wildman–Crippen LogP) is 4.62. The summed E-state index contributed by atoms with van der Waals surface area (Å²) in [6.07, 6.45) is -0.890. The van der Waals surface area contributed by atoms with Crippen molar-refractivity contribution in [3.05, 3.63) is 58.3 Å². The minimum atomic E-state index is -0.890. The number of rotatable bonds is 5. The third kappa shape index (κ3) is 4.63. The third-order valence-electron chi connectivity index (χ3n) is 4.90. The van der Waals surface area contributed by atoms with Crippen LogP contribution in [0.4, 0.5) is 5.69 Å². The Balaban J connectivity index is 1.59. The Morgan fingerprint density at radius 1 is 1.13 bits per heavy atom. The minimum absolute atomic E-state index is 0.0770. The third-order valence-corrected chi connectivity index (χ3v) is 5.43. The van der Waals surface area contributed by atoms with E-state index in [9.17, 15) is 9.59 Å². The number of benzene rings is 2. The largest absolute Gasteiger partial charge is 0.479 e. The van der Waals surface area contributed by atoms with Crippen LogP contribution >= 0.6 is 23.2 Å². The Labute approximate surface area is 188 Å². The molecule has 7 nitrogen and oxygen atoms in total. The van der Waals surface area contributed by atoms with Gasteiger partial charge in [0.1, 0.15) is 17.0 Å². The van der Waals surface area contributed by atoms with Crippen LogP contribution in [0, 0.1) is 0 Å². The maximum atomic E-state index is 13.1. The molecule has 0 aliphatic carbocycles. The molecule has 2 heterocycles. The summed E-state index contributed by atoms with van der Waals surface area (Å²) < 4.78 is 16.8. The zero-order chi connectivity index (χ0) is 22.0. The van der Waals surface area contributed by atoms with Crippen molar-refractivity contribution in [2.45, 2.75) is 13.0 Å². The van der Waals surface area contributed by atoms with Crippen LogP contribution in [-0.4, -0.2) is 49.1 Å². The number of amides is 2. The molecule has 1 aromatic heterocycles. The van der Waals surface area contributed by atoms with E-state index in [4.69, 9.17) is 37.1 Å². The minimum Gasteiger partial charge on any atom is -0.479 e. The van der Waals surface area contributed by atoms with Crippen molar-refractivity contribution in [1.82, 2.24) is 4.90 Å². The number of carbonyl (C=O) groups is 2. The number of hydrogen-bond donors (Lipinski definition) is 1. The smallest absolute Gasteiger partial charge is 0.291 e. The second-order valence-electron chi connectivity index (χ2n) is 7.03. The first-order chi connectivity index (χ1) is 14.9. The van der Waals surface area contributed by atoms with Crippen LogP contribution in [0.15, 0.2) is 46.9 Å². The molecule has 1 aliphatic heterocycles. The lowest BCUT2D eigenvalue weighted by Gasteiger charge is -2.26. The van der Waals surface area contributed by atoms with Gasteiger partial charge >= 0.3 is 0 Å². The average molecular weight is 463 g/mol. The summed E-state index contributed by atoms with van der Waals surface area (Å²) in [5, 5.41) is 4.19. The van der Waals surface area contributed by atoms with E-state index in [1.165, 1.54) is 6.07 Å². The van der Waals surface area contributed by atoms with Crippen LogP contribution in [0.2, 0.25) is 10.0 Å². The van der Waals surface area contributed by atoms with E-state index in [1.54, 1.807) is 42.2 Å². The van der Waals surface area contributed by atoms with Gasteiger partial charge in [0, 0.05) is 23.5 Å². The van der Waals surface area contributed by atoms with Crippen molar-refractivity contribution >= 4 is 51.7 Å². The second-order valence-corrected chi connectivity index (χ2v) is 7.87. The van der Waals surface area contributed by atoms with E-state index in [1.807, 2.05) is 6.07 Å². The first-order valence-electron chi connectivity index (χ1n) is 9.75. The van der Waals surface area contributed by atoms with Crippen molar-refractivity contribution in [3.63, 3.8) is 0 Å². The zero-order valence-electron chi connectivity index (χ0n) is 16.7. The van der Waals surface area contributed by atoms with Gasteiger partial charge in [0.25, 0.3) is 11.8 Å². The van der Waals surface area contributed by atoms with E-state index in [-0.39, 0.29) is 11.7 Å². The molecule has 0 bridgehead atoms. The number of nitrogens with one attached hydrogen (secondary N) is 1. The van der Waals surface area contributed by atoms with Gasteiger partial charge in [-0.2, -0.15) is 0 Å². The van der Waals surface area contributed by atoms with Crippen LogP contribution in [0.25, 0.3) is 11.0 Å². The van der Waals surface area contributed by atoms with Crippen LogP contribution in [0.1, 0.15) is 17.5 Å². The lowest BCUT2D eigenvalue weighted by Crippen LogP contribution is -2.41. The molecule has 9 heteroatoms. The fraction of sp³-hybridized carbons (Fsp3) is 0.273. The molecular weight excluding hydrogens is 443 g/mol. The number of anilines is 1. The molecule has 0 spiro atoms. The number of nitrogens with zero attached hydrogens (tertiary/aromatic N) is 1. The average Bonchev–Trinajstić information content (AvgIpc) is 3.14. The highest BCUT2D eigenvalue weighted by molar-refractivity contribution is 6.35. The van der Waals surface area contributed by atoms with Gasteiger partial charge in [0.2, 0.25) is 5.76 Å². The molecule has 2 amide bonds. The molecular formula is C22H20Cl2N2O5. The van der Waals surface area contributed by atoms with E-state index in [2.05, 4.69) is 5.32 Å². The summed E-state index contributed by atoms with van der Waals surface area (Å²) in [6.45, 7) is 3.42. The molecule has 1 fully saturated rings. The Morgan fingerprint density at radius 2 is 1.87 bits per heavy atom. The molecule has 0 saturated carbocycles. The van der Waals surface area contributed by atoms with Crippen LogP contribution in [-0.2, 0) is 9.53 Å². The number of para-hydroxylation sites is 1. The van der Waals surface area contributed by atoms with Gasteiger partial charge in [0.05, 0.1) is 18.2 Å². The summed E-state index contributed by atoms with van der Waals surface area (Å²) in [5.41, 5.74) is 0.818. The molecule has 1 unspecified atom stereocenters. The quantitative estimate of drug-likeness (QED) is 0.598. The van der Waals surface area contributed by atoms with Crippen molar-refractivity contribution in [2.24, 2.45) is 0 Å². The number of morpholine rings is 1. The molecule has 4 rings (SSSR count). The van der Waals surface area contributed by atoms with Gasteiger partial charge in [-0.05, 0) is 37.3 Å². The molecule has 0 radical (unpaired) electrons. The summed E-state index contributed by atoms with van der Waals surface area (Å²) in [6, 6.07) is 11.9. The number of hydrogen-bond acceptors (Lipinski definition) is 5. The van der Waals surface area contributed by atoms with Crippen molar-refractivity contribution in [3.8, 4) is 5.75 Å². The standard InChI is InChI=1S/C22H20Cl2N2O5/c1-13(30-18-7-6-14(23)12-16(18)24)21(27)25-19-15-4-2-3-5-17(15)31-20(19)22(28)26-8-10-29-11-9-26/h2-7,12-13H,8-11H2,1H3,(H,25,27). The summed E-state index contributed by atoms with van der Waals surface area (Å²) in [5.74, 6) is -0.346. The maximum Gasteiger partial charge on any atom is 0.291 e. The van der Waals surface area contributed by atoms with E-state index < -0.39 is 12.0 Å². The topological polar surface area (TPSA) is 81.0 Å². The second kappa shape index (κ2) is 9.18. The van der Waals surface area contributed by atoms with E-state index in [0.717, 1.165) is 0 Å². The first-order valence-corrected chi connectivity index (χ1v) is 10.5. The monoisotopic (exact) mass is 462 g/mol. The Bertz CT molecular complexity index is 1120. The Morgan fingerprint density at radius 3 is 2.61 bits per heavy atom.